The minimum atomic E-state index is -4.21. The maximum Gasteiger partial charge on any atom is 0.408 e. The average Bonchev–Trinajstić information content (AvgIpc) is 3.75. The number of aromatic nitrogens is 2. The van der Waals surface area contributed by atoms with Crippen molar-refractivity contribution >= 4 is 31.7 Å². The van der Waals surface area contributed by atoms with Crippen LogP contribution in [-0.2, 0) is 49.7 Å². The first-order valence-electron chi connectivity index (χ1n) is 20.6. The third-order valence-corrected chi connectivity index (χ3v) is 13.1. The fraction of sp³-hybridized carbons (Fsp3) is 0.444. The monoisotopic (exact) mass is 826 g/mol. The molecule has 0 aliphatic heterocycles. The van der Waals surface area contributed by atoms with Crippen LogP contribution in [0.15, 0.2) is 104 Å². The third kappa shape index (κ3) is 14.8. The highest BCUT2D eigenvalue weighted by Gasteiger charge is 2.40. The minimum absolute atomic E-state index is 0.00427. The first kappa shape index (κ1) is 44.8. The first-order valence-corrected chi connectivity index (χ1v) is 22.6. The van der Waals surface area contributed by atoms with Crippen molar-refractivity contribution in [2.24, 2.45) is 11.8 Å². The van der Waals surface area contributed by atoms with Gasteiger partial charge in [0.05, 0.1) is 6.33 Å². The SMILES string of the molecule is CC(C)CC(CP(=O)(O)C(CC1CCCCC1)NC(=O)[C@H](Cc1cnc[nH]1)NC(=O)[C@H](Cc1ccccc1)NC(=O)OCc1ccccc1)N(C=O)Cc1ccccc1. The van der Waals surface area contributed by atoms with Crippen LogP contribution in [0.3, 0.4) is 0 Å². The van der Waals surface area contributed by atoms with Gasteiger partial charge in [-0.2, -0.15) is 0 Å². The molecule has 5 atom stereocenters. The summed E-state index contributed by atoms with van der Waals surface area (Å²) in [7, 11) is -4.21. The van der Waals surface area contributed by atoms with Gasteiger partial charge in [-0.3, -0.25) is 18.9 Å². The summed E-state index contributed by atoms with van der Waals surface area (Å²) in [5, 5.41) is 8.46. The van der Waals surface area contributed by atoms with Crippen molar-refractivity contribution in [2.75, 3.05) is 6.16 Å². The first-order chi connectivity index (χ1) is 28.5. The van der Waals surface area contributed by atoms with Crippen molar-refractivity contribution in [3.63, 3.8) is 0 Å². The Morgan fingerprint density at radius 2 is 1.44 bits per heavy atom. The predicted octanol–water partition coefficient (Wildman–Crippen LogP) is 6.73. The summed E-state index contributed by atoms with van der Waals surface area (Å²) >= 11 is 0. The molecule has 5 rings (SSSR count). The third-order valence-electron chi connectivity index (χ3n) is 10.8. The van der Waals surface area contributed by atoms with Crippen LogP contribution in [0.5, 0.6) is 0 Å². The average molecular weight is 827 g/mol. The van der Waals surface area contributed by atoms with Gasteiger partial charge in [0, 0.05) is 43.5 Å². The second-order valence-electron chi connectivity index (χ2n) is 16.0. The lowest BCUT2D eigenvalue weighted by molar-refractivity contribution is -0.130. The molecule has 1 aromatic heterocycles. The molecule has 14 heteroatoms. The van der Waals surface area contributed by atoms with Crippen molar-refractivity contribution in [2.45, 2.75) is 109 Å². The van der Waals surface area contributed by atoms with Gasteiger partial charge in [0.1, 0.15) is 24.5 Å². The lowest BCUT2D eigenvalue weighted by Gasteiger charge is -2.35. The molecule has 0 saturated heterocycles. The number of imidazole rings is 1. The van der Waals surface area contributed by atoms with Crippen LogP contribution in [-0.4, -0.2) is 74.1 Å². The molecular weight excluding hydrogens is 768 g/mol. The van der Waals surface area contributed by atoms with E-state index < -0.39 is 49.2 Å². The Morgan fingerprint density at radius 1 is 0.847 bits per heavy atom. The Morgan fingerprint density at radius 3 is 2.03 bits per heavy atom. The fourth-order valence-corrected chi connectivity index (χ4v) is 9.90. The van der Waals surface area contributed by atoms with Gasteiger partial charge in [-0.05, 0) is 41.4 Å². The van der Waals surface area contributed by atoms with Gasteiger partial charge in [-0.1, -0.05) is 137 Å². The van der Waals surface area contributed by atoms with Gasteiger partial charge in [0.25, 0.3) is 0 Å². The number of carbonyl (C=O) groups excluding carboxylic acids is 4. The second kappa shape index (κ2) is 22.8. The quantitative estimate of drug-likeness (QED) is 0.0427. The number of alkyl carbamates (subject to hydrolysis) is 1. The molecule has 13 nitrogen and oxygen atoms in total. The van der Waals surface area contributed by atoms with E-state index in [0.717, 1.165) is 55.2 Å². The lowest BCUT2D eigenvalue weighted by atomic mass is 9.87. The molecule has 1 aliphatic carbocycles. The van der Waals surface area contributed by atoms with E-state index in [1.165, 1.54) is 6.33 Å². The number of H-pyrrole nitrogens is 1. The maximum absolute atomic E-state index is 14.8. The molecule has 1 saturated carbocycles. The van der Waals surface area contributed by atoms with Gasteiger partial charge >= 0.3 is 6.09 Å². The smallest absolute Gasteiger partial charge is 0.408 e. The van der Waals surface area contributed by atoms with Gasteiger partial charge in [0.2, 0.25) is 25.6 Å². The molecule has 4 amide bonds. The van der Waals surface area contributed by atoms with Crippen LogP contribution >= 0.6 is 7.37 Å². The van der Waals surface area contributed by atoms with E-state index in [1.54, 1.807) is 11.1 Å². The number of hydrogen-bond acceptors (Lipinski definition) is 7. The molecule has 316 valence electrons. The predicted molar refractivity (Wildman–Crippen MR) is 227 cm³/mol. The van der Waals surface area contributed by atoms with E-state index in [9.17, 15) is 28.6 Å². The van der Waals surface area contributed by atoms with Crippen molar-refractivity contribution in [1.29, 1.82) is 0 Å². The Balaban J connectivity index is 1.38. The van der Waals surface area contributed by atoms with Gasteiger partial charge in [-0.25, -0.2) is 9.78 Å². The number of benzene rings is 3. The van der Waals surface area contributed by atoms with Crippen LogP contribution in [0.2, 0.25) is 0 Å². The zero-order valence-electron chi connectivity index (χ0n) is 34.1. The number of hydrogen-bond donors (Lipinski definition) is 5. The number of aromatic amines is 1. The summed E-state index contributed by atoms with van der Waals surface area (Å²) in [5.41, 5.74) is 3.00. The van der Waals surface area contributed by atoms with Gasteiger partial charge in [-0.15, -0.1) is 0 Å². The Labute approximate surface area is 347 Å². The zero-order valence-corrected chi connectivity index (χ0v) is 35.0. The van der Waals surface area contributed by atoms with Crippen LogP contribution in [0.1, 0.15) is 81.2 Å². The summed E-state index contributed by atoms with van der Waals surface area (Å²) in [6.07, 6.45) is 8.42. The lowest BCUT2D eigenvalue weighted by Crippen LogP contribution is -2.56. The Kier molecular flexibility index (Phi) is 17.3. The zero-order chi connectivity index (χ0) is 42.0. The molecular formula is C45H59N6O7P. The highest BCUT2D eigenvalue weighted by Crippen LogP contribution is 2.50. The van der Waals surface area contributed by atoms with Crippen molar-refractivity contribution in [1.82, 2.24) is 30.8 Å². The number of amides is 4. The molecule has 0 bridgehead atoms. The number of ether oxygens (including phenoxy) is 1. The fourth-order valence-electron chi connectivity index (χ4n) is 7.73. The van der Waals surface area contributed by atoms with Gasteiger partial charge < -0.3 is 35.5 Å². The standard InChI is InChI=1S/C45H59N6O7P/c1-33(2)23-39(51(32-52)28-36-19-11-5-12-20-36)30-59(56,57)42(25-35-17-9-4-10-18-35)50-44(54)41(26-38-27-46-31-47-38)48-43(53)40(24-34-15-7-3-8-16-34)49-45(55)58-29-37-21-13-6-14-22-37/h3,5-8,11-16,19-22,27,31-33,35,39-42H,4,9-10,17-18,23-26,28-30H2,1-2H3,(H,46,47)(H,48,53)(H,49,55)(H,50,54)(H,56,57)/t39?,40-,41-,42?/m0/s1. The molecule has 5 N–H and O–H groups in total. The molecule has 59 heavy (non-hydrogen) atoms. The summed E-state index contributed by atoms with van der Waals surface area (Å²) in [5.74, 6) is -2.19. The molecule has 4 aromatic rings. The van der Waals surface area contributed by atoms with E-state index in [4.69, 9.17) is 4.74 Å². The minimum Gasteiger partial charge on any atom is -0.445 e. The van der Waals surface area contributed by atoms with Crippen LogP contribution < -0.4 is 16.0 Å². The highest BCUT2D eigenvalue weighted by atomic mass is 31.2. The highest BCUT2D eigenvalue weighted by molar-refractivity contribution is 7.58. The van der Waals surface area contributed by atoms with Crippen molar-refractivity contribution in [3.8, 4) is 0 Å². The second-order valence-corrected chi connectivity index (χ2v) is 18.5. The summed E-state index contributed by atoms with van der Waals surface area (Å²) < 4.78 is 20.2. The van der Waals surface area contributed by atoms with Crippen LogP contribution in [0.25, 0.3) is 0 Å². The molecule has 3 unspecified atom stereocenters. The van der Waals surface area contributed by atoms with Crippen molar-refractivity contribution < 1.29 is 33.4 Å². The molecule has 3 aromatic carbocycles. The summed E-state index contributed by atoms with van der Waals surface area (Å²) in [6, 6.07) is 24.9. The Hall–Kier alpha value is -5.26. The molecule has 1 fully saturated rings. The van der Waals surface area contributed by atoms with E-state index in [2.05, 4.69) is 25.9 Å². The number of nitrogens with zero attached hydrogens (tertiary/aromatic N) is 2. The number of carbonyl (C=O) groups is 4. The van der Waals surface area contributed by atoms with Crippen molar-refractivity contribution in [3.05, 3.63) is 126 Å². The van der Waals surface area contributed by atoms with E-state index in [-0.39, 0.29) is 50.4 Å². The van der Waals surface area contributed by atoms with Gasteiger partial charge in [0.15, 0.2) is 0 Å². The summed E-state index contributed by atoms with van der Waals surface area (Å²) in [6.45, 7) is 4.29. The van der Waals surface area contributed by atoms with E-state index in [0.29, 0.717) is 12.1 Å². The summed E-state index contributed by atoms with van der Waals surface area (Å²) in [4.78, 5) is 75.1. The van der Waals surface area contributed by atoms with E-state index >= 15 is 0 Å². The number of rotatable bonds is 22. The Bertz CT molecular complexity index is 1930. The molecule has 1 heterocycles. The normalized spacial score (nSPS) is 16.1. The molecule has 0 radical (unpaired) electrons. The topological polar surface area (TPSA) is 183 Å². The molecule has 1 aliphatic rings. The number of nitrogens with one attached hydrogen (secondary N) is 4. The largest absolute Gasteiger partial charge is 0.445 e. The van der Waals surface area contributed by atoms with E-state index in [1.807, 2.05) is 105 Å². The van der Waals surface area contributed by atoms with Crippen LogP contribution in [0, 0.1) is 11.8 Å². The van der Waals surface area contributed by atoms with Crippen LogP contribution in [0.4, 0.5) is 4.79 Å². The molecule has 0 spiro atoms. The maximum atomic E-state index is 14.8.